The van der Waals surface area contributed by atoms with Crippen LogP contribution in [0.5, 0.6) is 0 Å². The van der Waals surface area contributed by atoms with Crippen LogP contribution in [0.2, 0.25) is 0 Å². The van der Waals surface area contributed by atoms with Crippen LogP contribution in [-0.4, -0.2) is 33.9 Å². The van der Waals surface area contributed by atoms with Gasteiger partial charge in [-0.3, -0.25) is 14.3 Å². The molecule has 1 unspecified atom stereocenters. The van der Waals surface area contributed by atoms with Crippen molar-refractivity contribution >= 4 is 11.9 Å². The van der Waals surface area contributed by atoms with Crippen LogP contribution in [0.15, 0.2) is 0 Å². The molecule has 2 rings (SSSR count). The largest absolute Gasteiger partial charge is 0.480 e. The number of ether oxygens (including phenoxy) is 1. The van der Waals surface area contributed by atoms with Crippen molar-refractivity contribution < 1.29 is 19.4 Å². The van der Waals surface area contributed by atoms with Gasteiger partial charge >= 0.3 is 5.97 Å². The lowest BCUT2D eigenvalue weighted by atomic mass is 9.95. The fourth-order valence-corrected chi connectivity index (χ4v) is 2.08. The van der Waals surface area contributed by atoms with Gasteiger partial charge < -0.3 is 15.2 Å². The summed E-state index contributed by atoms with van der Waals surface area (Å²) in [5.74, 6) is -2.87. The summed E-state index contributed by atoms with van der Waals surface area (Å²) in [6, 6.07) is 0. The first-order valence-electron chi connectivity index (χ1n) is 5.10. The Morgan fingerprint density at radius 3 is 3.00 bits per heavy atom. The van der Waals surface area contributed by atoms with Gasteiger partial charge in [0.05, 0.1) is 18.0 Å². The third kappa shape index (κ3) is 1.78. The van der Waals surface area contributed by atoms with E-state index in [1.807, 2.05) is 0 Å². The second-order valence-electron chi connectivity index (χ2n) is 3.86. The van der Waals surface area contributed by atoms with Crippen LogP contribution in [0.25, 0.3) is 0 Å². The van der Waals surface area contributed by atoms with Gasteiger partial charge in [0.2, 0.25) is 5.91 Å². The molecule has 0 fully saturated rings. The van der Waals surface area contributed by atoms with Gasteiger partial charge in [-0.2, -0.15) is 5.10 Å². The molecule has 1 atom stereocenters. The third-order valence-electron chi connectivity index (χ3n) is 2.78. The first kappa shape index (κ1) is 11.6. The minimum absolute atomic E-state index is 0.296. The lowest BCUT2D eigenvalue weighted by Crippen LogP contribution is -2.39. The number of nitrogens with zero attached hydrogens (tertiary/aromatic N) is 2. The minimum Gasteiger partial charge on any atom is -0.480 e. The number of methoxy groups -OCH3 is 1. The number of aliphatic carboxylic acids is 1. The molecule has 7 nitrogen and oxygen atoms in total. The van der Waals surface area contributed by atoms with Crippen LogP contribution in [-0.2, 0) is 34.5 Å². The summed E-state index contributed by atoms with van der Waals surface area (Å²) >= 11 is 0. The number of carboxylic acids is 1. The van der Waals surface area contributed by atoms with Crippen LogP contribution in [0.1, 0.15) is 22.9 Å². The highest BCUT2D eigenvalue weighted by Crippen LogP contribution is 2.27. The third-order valence-corrected chi connectivity index (χ3v) is 2.78. The summed E-state index contributed by atoms with van der Waals surface area (Å²) in [5, 5.41) is 15.8. The van der Waals surface area contributed by atoms with Gasteiger partial charge in [-0.05, 0) is 0 Å². The Bertz CT molecular complexity index is 480. The molecule has 17 heavy (non-hydrogen) atoms. The topological polar surface area (TPSA) is 93.5 Å². The fourth-order valence-electron chi connectivity index (χ4n) is 2.08. The molecule has 1 amide bonds. The lowest BCUT2D eigenvalue weighted by molar-refractivity contribution is -0.143. The number of carboxylic acid groups (broad SMARTS) is 1. The van der Waals surface area contributed by atoms with E-state index in [1.165, 1.54) is 11.8 Å². The zero-order valence-corrected chi connectivity index (χ0v) is 9.56. The highest BCUT2D eigenvalue weighted by molar-refractivity contribution is 6.03. The quantitative estimate of drug-likeness (QED) is 0.685. The van der Waals surface area contributed by atoms with E-state index in [2.05, 4.69) is 10.4 Å². The van der Waals surface area contributed by atoms with Crippen molar-refractivity contribution in [1.82, 2.24) is 15.1 Å². The molecule has 1 aromatic heterocycles. The Morgan fingerprint density at radius 1 is 1.71 bits per heavy atom. The van der Waals surface area contributed by atoms with Gasteiger partial charge in [0.25, 0.3) is 0 Å². The summed E-state index contributed by atoms with van der Waals surface area (Å²) in [4.78, 5) is 22.7. The summed E-state index contributed by atoms with van der Waals surface area (Å²) in [6.07, 6.45) is 0. The number of nitrogens with one attached hydrogen (secondary N) is 1. The predicted molar refractivity (Wildman–Crippen MR) is 56.1 cm³/mol. The van der Waals surface area contributed by atoms with Crippen molar-refractivity contribution in [3.05, 3.63) is 17.0 Å². The molecular formula is C10H13N3O4. The van der Waals surface area contributed by atoms with Gasteiger partial charge in [-0.15, -0.1) is 0 Å². The Labute approximate surface area is 97.4 Å². The molecule has 2 heterocycles. The highest BCUT2D eigenvalue weighted by atomic mass is 16.5. The number of hydrogen-bond donors (Lipinski definition) is 2. The maximum atomic E-state index is 11.6. The van der Waals surface area contributed by atoms with Crippen molar-refractivity contribution in [1.29, 1.82) is 0 Å². The highest BCUT2D eigenvalue weighted by Gasteiger charge is 2.38. The van der Waals surface area contributed by atoms with Gasteiger partial charge in [0, 0.05) is 26.3 Å². The normalized spacial score (nSPS) is 18.7. The predicted octanol–water partition coefficient (Wildman–Crippen LogP) is -0.635. The summed E-state index contributed by atoms with van der Waals surface area (Å²) < 4.78 is 6.44. The van der Waals surface area contributed by atoms with Gasteiger partial charge in [-0.25, -0.2) is 0 Å². The second kappa shape index (κ2) is 4.17. The number of amides is 1. The molecule has 0 saturated heterocycles. The Hall–Kier alpha value is -1.89. The molecular weight excluding hydrogens is 226 g/mol. The van der Waals surface area contributed by atoms with Gasteiger partial charge in [0.1, 0.15) is 0 Å². The average molecular weight is 239 g/mol. The Balaban J connectivity index is 2.52. The molecule has 0 aliphatic carbocycles. The Kier molecular flexibility index (Phi) is 2.84. The van der Waals surface area contributed by atoms with Gasteiger partial charge in [0.15, 0.2) is 5.92 Å². The average Bonchev–Trinajstić information content (AvgIpc) is 2.56. The maximum absolute atomic E-state index is 11.6. The van der Waals surface area contributed by atoms with Crippen molar-refractivity contribution in [2.24, 2.45) is 7.05 Å². The summed E-state index contributed by atoms with van der Waals surface area (Å²) in [7, 11) is 3.17. The van der Waals surface area contributed by atoms with E-state index in [1.54, 1.807) is 7.05 Å². The SMILES string of the molecule is COCc1nn(C)c2c1CNC(=O)C2C(=O)O. The molecule has 0 aromatic carbocycles. The molecule has 1 aromatic rings. The smallest absolute Gasteiger partial charge is 0.322 e. The second-order valence-corrected chi connectivity index (χ2v) is 3.86. The molecule has 0 radical (unpaired) electrons. The molecule has 0 spiro atoms. The molecule has 7 heteroatoms. The van der Waals surface area contributed by atoms with Crippen molar-refractivity contribution in [3.63, 3.8) is 0 Å². The standard InChI is InChI=1S/C10H13N3O4/c1-13-8-5(6(12-13)4-17-2)3-11-9(14)7(8)10(15)16/h7H,3-4H2,1-2H3,(H,11,14)(H,15,16). The molecule has 1 aliphatic heterocycles. The number of hydrogen-bond acceptors (Lipinski definition) is 4. The molecule has 1 aliphatic rings. The van der Waals surface area contributed by atoms with E-state index >= 15 is 0 Å². The van der Waals surface area contributed by atoms with E-state index in [0.29, 0.717) is 24.5 Å². The van der Waals surface area contributed by atoms with Crippen molar-refractivity contribution in [2.75, 3.05) is 7.11 Å². The lowest BCUT2D eigenvalue weighted by Gasteiger charge is -2.20. The number of aromatic nitrogens is 2. The first-order valence-corrected chi connectivity index (χ1v) is 5.10. The molecule has 0 bridgehead atoms. The number of carbonyl (C=O) groups is 2. The molecule has 2 N–H and O–H groups in total. The minimum atomic E-state index is -1.19. The van der Waals surface area contributed by atoms with Crippen LogP contribution in [0.4, 0.5) is 0 Å². The zero-order valence-electron chi connectivity index (χ0n) is 9.56. The Morgan fingerprint density at radius 2 is 2.41 bits per heavy atom. The van der Waals surface area contributed by atoms with E-state index in [4.69, 9.17) is 9.84 Å². The summed E-state index contributed by atoms with van der Waals surface area (Å²) in [5.41, 5.74) is 1.84. The number of fused-ring (bicyclic) bond motifs is 1. The zero-order chi connectivity index (χ0) is 12.6. The van der Waals surface area contributed by atoms with Crippen LogP contribution < -0.4 is 5.32 Å². The maximum Gasteiger partial charge on any atom is 0.322 e. The fraction of sp³-hybridized carbons (Fsp3) is 0.500. The van der Waals surface area contributed by atoms with Crippen molar-refractivity contribution in [3.8, 4) is 0 Å². The monoisotopic (exact) mass is 239 g/mol. The van der Waals surface area contributed by atoms with Crippen LogP contribution in [0.3, 0.4) is 0 Å². The van der Waals surface area contributed by atoms with E-state index in [0.717, 1.165) is 5.56 Å². The number of aryl methyl sites for hydroxylation is 1. The van der Waals surface area contributed by atoms with E-state index in [-0.39, 0.29) is 0 Å². The first-order chi connectivity index (χ1) is 8.06. The van der Waals surface area contributed by atoms with Gasteiger partial charge in [-0.1, -0.05) is 0 Å². The van der Waals surface area contributed by atoms with E-state index in [9.17, 15) is 9.59 Å². The van der Waals surface area contributed by atoms with E-state index < -0.39 is 17.8 Å². The van der Waals surface area contributed by atoms with Crippen LogP contribution in [0, 0.1) is 0 Å². The summed E-state index contributed by atoms with van der Waals surface area (Å²) in [6.45, 7) is 0.593. The number of rotatable bonds is 3. The van der Waals surface area contributed by atoms with Crippen LogP contribution >= 0.6 is 0 Å². The number of carbonyl (C=O) groups excluding carboxylic acids is 1. The molecule has 92 valence electrons. The van der Waals surface area contributed by atoms with Crippen molar-refractivity contribution in [2.45, 2.75) is 19.1 Å². The molecule has 0 saturated carbocycles.